The molecular weight excluding hydrogens is 206 g/mol. The highest BCUT2D eigenvalue weighted by molar-refractivity contribution is 5.90. The Bertz CT molecular complexity index is 481. The molecule has 16 heavy (non-hydrogen) atoms. The average Bonchev–Trinajstić information content (AvgIpc) is 2.66. The van der Waals surface area contributed by atoms with Crippen molar-refractivity contribution in [3.8, 4) is 0 Å². The standard InChI is InChI=1S/C11H15N3O2/c1-14-6-8-3-2-4-10(11(8)13-14)12-5-9(16)7-15/h2-4,6,9,12,15-16H,5,7H2,1H3. The fraction of sp³-hybridized carbons (Fsp3) is 0.364. The van der Waals surface area contributed by atoms with Gasteiger partial charge in [-0.05, 0) is 6.07 Å². The van der Waals surface area contributed by atoms with E-state index in [1.165, 1.54) is 0 Å². The zero-order valence-corrected chi connectivity index (χ0v) is 9.09. The van der Waals surface area contributed by atoms with Crippen LogP contribution in [-0.2, 0) is 7.05 Å². The Kier molecular flexibility index (Phi) is 3.07. The van der Waals surface area contributed by atoms with Crippen molar-refractivity contribution < 1.29 is 10.2 Å². The molecule has 5 heteroatoms. The summed E-state index contributed by atoms with van der Waals surface area (Å²) in [5, 5.41) is 26.4. The molecule has 0 saturated heterocycles. The lowest BCUT2D eigenvalue weighted by Gasteiger charge is -2.10. The van der Waals surface area contributed by atoms with Crippen molar-refractivity contribution in [3.63, 3.8) is 0 Å². The molecule has 0 bridgehead atoms. The third kappa shape index (κ3) is 2.15. The van der Waals surface area contributed by atoms with Crippen molar-refractivity contribution in [3.05, 3.63) is 24.4 Å². The number of hydrogen-bond acceptors (Lipinski definition) is 4. The second-order valence-electron chi connectivity index (χ2n) is 3.76. The van der Waals surface area contributed by atoms with Gasteiger partial charge in [-0.25, -0.2) is 0 Å². The van der Waals surface area contributed by atoms with E-state index in [-0.39, 0.29) is 6.61 Å². The van der Waals surface area contributed by atoms with Crippen molar-refractivity contribution in [1.29, 1.82) is 0 Å². The fourth-order valence-corrected chi connectivity index (χ4v) is 1.60. The van der Waals surface area contributed by atoms with Crippen molar-refractivity contribution in [2.24, 2.45) is 7.05 Å². The molecule has 1 heterocycles. The van der Waals surface area contributed by atoms with Crippen molar-refractivity contribution >= 4 is 16.6 Å². The molecule has 0 aliphatic heterocycles. The molecule has 1 aromatic carbocycles. The number of aliphatic hydroxyl groups excluding tert-OH is 2. The first kappa shape index (κ1) is 10.9. The van der Waals surface area contributed by atoms with Crippen molar-refractivity contribution in [1.82, 2.24) is 9.78 Å². The zero-order chi connectivity index (χ0) is 11.5. The summed E-state index contributed by atoms with van der Waals surface area (Å²) in [6, 6.07) is 5.81. The summed E-state index contributed by atoms with van der Waals surface area (Å²) in [4.78, 5) is 0. The van der Waals surface area contributed by atoms with E-state index in [1.807, 2.05) is 31.4 Å². The summed E-state index contributed by atoms with van der Waals surface area (Å²) in [6.07, 6.45) is 1.18. The van der Waals surface area contributed by atoms with Crippen LogP contribution in [0, 0.1) is 0 Å². The number of nitrogens with one attached hydrogen (secondary N) is 1. The van der Waals surface area contributed by atoms with Crippen LogP contribution in [0.4, 0.5) is 5.69 Å². The number of benzene rings is 1. The van der Waals surface area contributed by atoms with Crippen molar-refractivity contribution in [2.45, 2.75) is 6.10 Å². The van der Waals surface area contributed by atoms with Crippen LogP contribution in [0.1, 0.15) is 0 Å². The summed E-state index contributed by atoms with van der Waals surface area (Å²) in [6.45, 7) is 0.0668. The van der Waals surface area contributed by atoms with Gasteiger partial charge in [0.15, 0.2) is 0 Å². The molecule has 2 aromatic rings. The minimum Gasteiger partial charge on any atom is -0.394 e. The van der Waals surface area contributed by atoms with Gasteiger partial charge in [-0.3, -0.25) is 4.68 Å². The molecule has 0 spiro atoms. The highest BCUT2D eigenvalue weighted by Crippen LogP contribution is 2.21. The highest BCUT2D eigenvalue weighted by atomic mass is 16.3. The molecule has 0 aliphatic carbocycles. The predicted octanol–water partition coefficient (Wildman–Crippen LogP) is 0.338. The topological polar surface area (TPSA) is 70.3 Å². The molecule has 1 aromatic heterocycles. The lowest BCUT2D eigenvalue weighted by molar-refractivity contribution is 0.105. The summed E-state index contributed by atoms with van der Waals surface area (Å²) >= 11 is 0. The summed E-state index contributed by atoms with van der Waals surface area (Å²) in [5.41, 5.74) is 1.74. The summed E-state index contributed by atoms with van der Waals surface area (Å²) in [7, 11) is 1.87. The number of fused-ring (bicyclic) bond motifs is 1. The number of rotatable bonds is 4. The Hall–Kier alpha value is -1.59. The lowest BCUT2D eigenvalue weighted by atomic mass is 10.2. The van der Waals surface area contributed by atoms with E-state index in [0.717, 1.165) is 16.6 Å². The molecule has 1 unspecified atom stereocenters. The van der Waals surface area contributed by atoms with Gasteiger partial charge in [0.2, 0.25) is 0 Å². The number of aromatic nitrogens is 2. The van der Waals surface area contributed by atoms with Crippen LogP contribution >= 0.6 is 0 Å². The Balaban J connectivity index is 2.23. The van der Waals surface area contributed by atoms with Crippen LogP contribution in [0.25, 0.3) is 10.9 Å². The van der Waals surface area contributed by atoms with Gasteiger partial charge in [0.05, 0.1) is 18.4 Å². The van der Waals surface area contributed by atoms with Gasteiger partial charge in [-0.15, -0.1) is 0 Å². The van der Waals surface area contributed by atoms with E-state index in [2.05, 4.69) is 10.4 Å². The molecule has 0 radical (unpaired) electrons. The molecule has 0 fully saturated rings. The molecule has 0 saturated carbocycles. The first-order valence-electron chi connectivity index (χ1n) is 5.16. The third-order valence-electron chi connectivity index (χ3n) is 2.39. The van der Waals surface area contributed by atoms with E-state index >= 15 is 0 Å². The van der Waals surface area contributed by atoms with Crippen LogP contribution < -0.4 is 5.32 Å². The molecule has 3 N–H and O–H groups in total. The average molecular weight is 221 g/mol. The van der Waals surface area contributed by atoms with E-state index in [1.54, 1.807) is 4.68 Å². The summed E-state index contributed by atoms with van der Waals surface area (Å²) < 4.78 is 1.75. The SMILES string of the molecule is Cn1cc2cccc(NCC(O)CO)c2n1. The van der Waals surface area contributed by atoms with Gasteiger partial charge in [0.1, 0.15) is 5.52 Å². The van der Waals surface area contributed by atoms with Gasteiger partial charge >= 0.3 is 0 Å². The Morgan fingerprint density at radius 2 is 2.31 bits per heavy atom. The number of aliphatic hydroxyl groups is 2. The largest absolute Gasteiger partial charge is 0.394 e. The van der Waals surface area contributed by atoms with Gasteiger partial charge in [-0.1, -0.05) is 12.1 Å². The fourth-order valence-electron chi connectivity index (χ4n) is 1.60. The van der Waals surface area contributed by atoms with Crippen LogP contribution in [-0.4, -0.2) is 39.2 Å². The van der Waals surface area contributed by atoms with Crippen molar-refractivity contribution in [2.75, 3.05) is 18.5 Å². The van der Waals surface area contributed by atoms with Gasteiger partial charge in [-0.2, -0.15) is 5.10 Å². The maximum atomic E-state index is 9.26. The molecule has 86 valence electrons. The van der Waals surface area contributed by atoms with Gasteiger partial charge < -0.3 is 15.5 Å². The van der Waals surface area contributed by atoms with E-state index < -0.39 is 6.10 Å². The Morgan fingerprint density at radius 1 is 1.50 bits per heavy atom. The second kappa shape index (κ2) is 4.51. The first-order chi connectivity index (χ1) is 7.70. The van der Waals surface area contributed by atoms with E-state index in [0.29, 0.717) is 6.54 Å². The lowest BCUT2D eigenvalue weighted by Crippen LogP contribution is -2.23. The first-order valence-corrected chi connectivity index (χ1v) is 5.16. The van der Waals surface area contributed by atoms with Crippen LogP contribution in [0.15, 0.2) is 24.4 Å². The Morgan fingerprint density at radius 3 is 3.06 bits per heavy atom. The van der Waals surface area contributed by atoms with E-state index in [4.69, 9.17) is 5.11 Å². The van der Waals surface area contributed by atoms with Crippen LogP contribution in [0.3, 0.4) is 0 Å². The molecule has 5 nitrogen and oxygen atoms in total. The molecule has 1 atom stereocenters. The maximum absolute atomic E-state index is 9.26. The molecule has 0 amide bonds. The second-order valence-corrected chi connectivity index (χ2v) is 3.76. The molecular formula is C11H15N3O2. The number of anilines is 1. The predicted molar refractivity (Wildman–Crippen MR) is 62.3 cm³/mol. The minimum atomic E-state index is -0.751. The van der Waals surface area contributed by atoms with Gasteiger partial charge in [0, 0.05) is 25.2 Å². The van der Waals surface area contributed by atoms with E-state index in [9.17, 15) is 5.11 Å². The molecule has 2 rings (SSSR count). The number of aryl methyl sites for hydroxylation is 1. The Labute approximate surface area is 93.3 Å². The normalized spacial score (nSPS) is 12.9. The zero-order valence-electron chi connectivity index (χ0n) is 9.09. The monoisotopic (exact) mass is 221 g/mol. The summed E-state index contributed by atoms with van der Waals surface area (Å²) in [5.74, 6) is 0. The number of nitrogens with zero attached hydrogens (tertiary/aromatic N) is 2. The minimum absolute atomic E-state index is 0.245. The van der Waals surface area contributed by atoms with Gasteiger partial charge in [0.25, 0.3) is 0 Å². The smallest absolute Gasteiger partial charge is 0.115 e. The maximum Gasteiger partial charge on any atom is 0.115 e. The van der Waals surface area contributed by atoms with Crippen LogP contribution in [0.2, 0.25) is 0 Å². The highest BCUT2D eigenvalue weighted by Gasteiger charge is 2.06. The quantitative estimate of drug-likeness (QED) is 0.696. The molecule has 0 aliphatic rings. The third-order valence-corrected chi connectivity index (χ3v) is 2.39. The number of hydrogen-bond donors (Lipinski definition) is 3. The van der Waals surface area contributed by atoms with Crippen LogP contribution in [0.5, 0.6) is 0 Å².